The fourth-order valence-electron chi connectivity index (χ4n) is 3.16. The van der Waals surface area contributed by atoms with Crippen molar-refractivity contribution >= 4 is 26.8 Å². The Morgan fingerprint density at radius 1 is 0.880 bits per heavy atom. The van der Waals surface area contributed by atoms with Gasteiger partial charge >= 0.3 is 0 Å². The van der Waals surface area contributed by atoms with Crippen LogP contribution in [0.4, 0.5) is 0 Å². The monoisotopic (exact) mass is 407 g/mol. The molecule has 3 nitrogen and oxygen atoms in total. The smallest absolute Gasteiger partial charge is 0.145 e. The van der Waals surface area contributed by atoms with Gasteiger partial charge in [0, 0.05) is 22.2 Å². The number of unbranched alkanes of at least 4 members (excludes halogenated alkanes) is 8. The number of aryl methyl sites for hydroxylation is 1. The molecule has 1 aromatic heterocycles. The van der Waals surface area contributed by atoms with Crippen LogP contribution in [0, 0.1) is 0 Å². The molecule has 0 saturated heterocycles. The van der Waals surface area contributed by atoms with Gasteiger partial charge in [-0.25, -0.2) is 4.98 Å². The molecule has 1 N–H and O–H groups in total. The molecule has 138 valence electrons. The summed E-state index contributed by atoms with van der Waals surface area (Å²) in [6.45, 7) is 0.339. The van der Waals surface area contributed by atoms with Crippen LogP contribution in [-0.2, 0) is 6.42 Å². The summed E-state index contributed by atoms with van der Waals surface area (Å²) in [4.78, 5) is 4.81. The summed E-state index contributed by atoms with van der Waals surface area (Å²) in [5.74, 6) is 0.834. The molecule has 0 fully saturated rings. The number of fused-ring (bicyclic) bond motifs is 1. The minimum Gasteiger partial charge on any atom is -0.494 e. The highest BCUT2D eigenvalue weighted by Gasteiger charge is 2.07. The van der Waals surface area contributed by atoms with Gasteiger partial charge in [-0.1, -0.05) is 60.9 Å². The highest BCUT2D eigenvalue weighted by atomic mass is 79.9. The number of aliphatic hydroxyl groups is 1. The summed E-state index contributed by atoms with van der Waals surface area (Å²) in [5.41, 5.74) is 2.09. The number of hydrogen-bond acceptors (Lipinski definition) is 3. The number of rotatable bonds is 12. The lowest BCUT2D eigenvalue weighted by molar-refractivity contribution is 0.282. The molecule has 0 saturated carbocycles. The van der Waals surface area contributed by atoms with Crippen molar-refractivity contribution in [2.24, 2.45) is 0 Å². The number of aromatic nitrogens is 1. The van der Waals surface area contributed by atoms with Gasteiger partial charge in [-0.3, -0.25) is 0 Å². The third-order valence-electron chi connectivity index (χ3n) is 4.64. The molecule has 2 rings (SSSR count). The number of aliphatic hydroxyl groups excluding tert-OH is 1. The lowest BCUT2D eigenvalue weighted by atomic mass is 10.1. The summed E-state index contributed by atoms with van der Waals surface area (Å²) >= 11 is 3.58. The van der Waals surface area contributed by atoms with Crippen LogP contribution < -0.4 is 4.74 Å². The van der Waals surface area contributed by atoms with Crippen molar-refractivity contribution in [1.82, 2.24) is 4.98 Å². The van der Waals surface area contributed by atoms with Gasteiger partial charge in [-0.15, -0.1) is 0 Å². The number of ether oxygens (including phenoxy) is 1. The normalized spacial score (nSPS) is 11.2. The topological polar surface area (TPSA) is 42.4 Å². The second-order valence-electron chi connectivity index (χ2n) is 6.60. The van der Waals surface area contributed by atoms with E-state index >= 15 is 0 Å². The standard InChI is InChI=1S/C21H30BrNO2/c1-25-20-15-14-19(22)18-13-12-17(23-21(18)20)11-9-7-5-3-2-4-6-8-10-16-24/h12-15,24H,2-11,16H2,1H3. The first-order valence-corrected chi connectivity index (χ1v) is 10.3. The molecule has 0 unspecified atom stereocenters. The van der Waals surface area contributed by atoms with E-state index < -0.39 is 0 Å². The molecule has 4 heteroatoms. The predicted molar refractivity (Wildman–Crippen MR) is 108 cm³/mol. The second-order valence-corrected chi connectivity index (χ2v) is 7.46. The largest absolute Gasteiger partial charge is 0.494 e. The van der Waals surface area contributed by atoms with E-state index in [1.807, 2.05) is 12.1 Å². The van der Waals surface area contributed by atoms with Gasteiger partial charge in [-0.05, 0) is 43.5 Å². The Balaban J connectivity index is 1.71. The first-order chi connectivity index (χ1) is 12.3. The van der Waals surface area contributed by atoms with E-state index in [9.17, 15) is 0 Å². The van der Waals surface area contributed by atoms with E-state index in [1.54, 1.807) is 7.11 Å². The molecule has 0 aliphatic rings. The molecule has 0 radical (unpaired) electrons. The fraction of sp³-hybridized carbons (Fsp3) is 0.571. The summed E-state index contributed by atoms with van der Waals surface area (Å²) < 4.78 is 6.50. The minimum atomic E-state index is 0.339. The first-order valence-electron chi connectivity index (χ1n) is 9.49. The Hall–Kier alpha value is -1.13. The van der Waals surface area contributed by atoms with Gasteiger partial charge in [0.1, 0.15) is 11.3 Å². The number of hydrogen-bond donors (Lipinski definition) is 1. The zero-order chi connectivity index (χ0) is 17.9. The van der Waals surface area contributed by atoms with Gasteiger partial charge in [-0.2, -0.15) is 0 Å². The summed E-state index contributed by atoms with van der Waals surface area (Å²) in [6, 6.07) is 8.24. The molecule has 0 aliphatic heterocycles. The summed E-state index contributed by atoms with van der Waals surface area (Å²) in [5, 5.41) is 9.85. The average Bonchev–Trinajstić information content (AvgIpc) is 2.63. The van der Waals surface area contributed by atoms with Crippen molar-refractivity contribution in [1.29, 1.82) is 0 Å². The van der Waals surface area contributed by atoms with Gasteiger partial charge in [0.25, 0.3) is 0 Å². The molecule has 1 heterocycles. The Morgan fingerprint density at radius 2 is 1.52 bits per heavy atom. The van der Waals surface area contributed by atoms with Crippen LogP contribution in [0.5, 0.6) is 5.75 Å². The van der Waals surface area contributed by atoms with E-state index in [4.69, 9.17) is 14.8 Å². The first kappa shape index (κ1) is 20.2. The number of methoxy groups -OCH3 is 1. The number of nitrogens with zero attached hydrogens (tertiary/aromatic N) is 1. The van der Waals surface area contributed by atoms with Crippen molar-refractivity contribution in [2.75, 3.05) is 13.7 Å². The Bertz CT molecular complexity index is 645. The van der Waals surface area contributed by atoms with Crippen molar-refractivity contribution in [2.45, 2.75) is 64.2 Å². The van der Waals surface area contributed by atoms with E-state index in [0.29, 0.717) is 6.61 Å². The van der Waals surface area contributed by atoms with Crippen molar-refractivity contribution in [3.05, 3.63) is 34.4 Å². The lowest BCUT2D eigenvalue weighted by Crippen LogP contribution is -1.94. The van der Waals surface area contributed by atoms with Crippen molar-refractivity contribution in [3.63, 3.8) is 0 Å². The molecule has 0 amide bonds. The minimum absolute atomic E-state index is 0.339. The van der Waals surface area contributed by atoms with Crippen molar-refractivity contribution < 1.29 is 9.84 Å². The maximum atomic E-state index is 8.75. The molecule has 0 aliphatic carbocycles. The van der Waals surface area contributed by atoms with Crippen molar-refractivity contribution in [3.8, 4) is 5.75 Å². The third kappa shape index (κ3) is 6.59. The summed E-state index contributed by atoms with van der Waals surface area (Å²) in [6.07, 6.45) is 12.1. The second kappa shape index (κ2) is 11.5. The van der Waals surface area contributed by atoms with E-state index in [-0.39, 0.29) is 0 Å². The zero-order valence-corrected chi connectivity index (χ0v) is 16.9. The quantitative estimate of drug-likeness (QED) is 0.435. The Morgan fingerprint density at radius 3 is 2.16 bits per heavy atom. The van der Waals surface area contributed by atoms with Crippen LogP contribution in [0.2, 0.25) is 0 Å². The maximum absolute atomic E-state index is 8.75. The van der Waals surface area contributed by atoms with Crippen LogP contribution in [0.15, 0.2) is 28.7 Å². The van der Waals surface area contributed by atoms with Gasteiger partial charge < -0.3 is 9.84 Å². The van der Waals surface area contributed by atoms with E-state index in [2.05, 4.69) is 28.1 Å². The number of halogens is 1. The molecular formula is C21H30BrNO2. The molecular weight excluding hydrogens is 378 g/mol. The summed E-state index contributed by atoms with van der Waals surface area (Å²) in [7, 11) is 1.70. The number of pyridine rings is 1. The fourth-order valence-corrected chi connectivity index (χ4v) is 3.61. The van der Waals surface area contributed by atoms with Crippen LogP contribution in [0.1, 0.15) is 63.5 Å². The Labute approximate surface area is 159 Å². The van der Waals surface area contributed by atoms with Crippen LogP contribution in [-0.4, -0.2) is 23.8 Å². The molecule has 0 atom stereocenters. The molecule has 0 bridgehead atoms. The number of benzene rings is 1. The van der Waals surface area contributed by atoms with Crippen LogP contribution in [0.25, 0.3) is 10.9 Å². The average molecular weight is 408 g/mol. The van der Waals surface area contributed by atoms with Gasteiger partial charge in [0.15, 0.2) is 0 Å². The third-order valence-corrected chi connectivity index (χ3v) is 5.33. The van der Waals surface area contributed by atoms with Gasteiger partial charge in [0.05, 0.1) is 7.11 Å². The molecule has 1 aromatic carbocycles. The maximum Gasteiger partial charge on any atom is 0.145 e. The van der Waals surface area contributed by atoms with Crippen LogP contribution >= 0.6 is 15.9 Å². The zero-order valence-electron chi connectivity index (χ0n) is 15.3. The highest BCUT2D eigenvalue weighted by molar-refractivity contribution is 9.10. The van der Waals surface area contributed by atoms with E-state index in [1.165, 1.54) is 51.4 Å². The Kier molecular flexibility index (Phi) is 9.27. The SMILES string of the molecule is COc1ccc(Br)c2ccc(CCCCCCCCCCCO)nc12. The van der Waals surface area contributed by atoms with E-state index in [0.717, 1.165) is 39.7 Å². The van der Waals surface area contributed by atoms with Gasteiger partial charge in [0.2, 0.25) is 0 Å². The predicted octanol–water partition coefficient (Wildman–Crippen LogP) is 6.05. The van der Waals surface area contributed by atoms with Crippen LogP contribution in [0.3, 0.4) is 0 Å². The molecule has 2 aromatic rings. The lowest BCUT2D eigenvalue weighted by Gasteiger charge is -2.08. The highest BCUT2D eigenvalue weighted by Crippen LogP contribution is 2.30. The molecule has 0 spiro atoms. The molecule has 25 heavy (non-hydrogen) atoms.